The summed E-state index contributed by atoms with van der Waals surface area (Å²) in [6.45, 7) is 4.12. The van der Waals surface area contributed by atoms with Crippen molar-refractivity contribution in [3.63, 3.8) is 0 Å². The summed E-state index contributed by atoms with van der Waals surface area (Å²) in [6, 6.07) is 5.51. The zero-order chi connectivity index (χ0) is 16.3. The molecule has 1 heterocycles. The molecule has 0 radical (unpaired) electrons. The molecule has 0 saturated carbocycles. The molecule has 0 aromatic heterocycles. The van der Waals surface area contributed by atoms with Gasteiger partial charge in [-0.1, -0.05) is 31.7 Å². The van der Waals surface area contributed by atoms with Gasteiger partial charge < -0.3 is 9.84 Å². The lowest BCUT2D eigenvalue weighted by molar-refractivity contribution is -0.115. The molecule has 22 heavy (non-hydrogen) atoms. The Morgan fingerprint density at radius 3 is 2.86 bits per heavy atom. The molecule has 7 heteroatoms. The first-order chi connectivity index (χ1) is 10.5. The molecule has 1 aliphatic heterocycles. The maximum atomic E-state index is 12.2. The molecule has 0 aliphatic carbocycles. The Hall–Kier alpha value is -2.02. The molecule has 1 saturated heterocycles. The van der Waals surface area contributed by atoms with E-state index in [1.807, 2.05) is 12.1 Å². The van der Waals surface area contributed by atoms with E-state index in [9.17, 15) is 9.59 Å². The topological polar surface area (TPSA) is 79.2 Å². The van der Waals surface area contributed by atoms with Crippen LogP contribution in [-0.4, -0.2) is 35.1 Å². The van der Waals surface area contributed by atoms with Crippen molar-refractivity contribution < 1.29 is 19.4 Å². The minimum absolute atomic E-state index is 0.178. The van der Waals surface area contributed by atoms with Crippen LogP contribution < -0.4 is 9.64 Å². The lowest BCUT2D eigenvalue weighted by Crippen LogP contribution is -2.31. The molecule has 1 aliphatic rings. The quantitative estimate of drug-likeness (QED) is 0.920. The fraction of sp³-hybridized carbons (Fsp3) is 0.400. The van der Waals surface area contributed by atoms with Crippen molar-refractivity contribution in [2.24, 2.45) is 4.99 Å². The molecular formula is C15H18N2O4S. The Bertz CT molecular complexity index is 630. The van der Waals surface area contributed by atoms with Gasteiger partial charge in [0.15, 0.2) is 5.17 Å². The van der Waals surface area contributed by atoms with Gasteiger partial charge in [-0.25, -0.2) is 4.79 Å². The van der Waals surface area contributed by atoms with Gasteiger partial charge in [-0.2, -0.15) is 4.99 Å². The Morgan fingerprint density at radius 1 is 1.55 bits per heavy atom. The molecule has 1 N–H and O–H groups in total. The lowest BCUT2D eigenvalue weighted by Gasteiger charge is -2.23. The van der Waals surface area contributed by atoms with E-state index in [-0.39, 0.29) is 22.7 Å². The van der Waals surface area contributed by atoms with E-state index >= 15 is 0 Å². The SMILES string of the molecule is CCC(C)c1ccc(OC)cc1N1C(=O)CSC1=NC(=O)O. The number of hydrogen-bond donors (Lipinski definition) is 1. The van der Waals surface area contributed by atoms with E-state index in [1.165, 1.54) is 4.90 Å². The predicted octanol–water partition coefficient (Wildman–Crippen LogP) is 3.32. The van der Waals surface area contributed by atoms with Crippen LogP contribution in [0.5, 0.6) is 5.75 Å². The number of anilines is 1. The largest absolute Gasteiger partial charge is 0.497 e. The number of benzene rings is 1. The number of amidine groups is 1. The van der Waals surface area contributed by atoms with Crippen LogP contribution >= 0.6 is 11.8 Å². The average molecular weight is 322 g/mol. The van der Waals surface area contributed by atoms with E-state index in [0.29, 0.717) is 11.4 Å². The number of carbonyl (C=O) groups excluding carboxylic acids is 1. The van der Waals surface area contributed by atoms with Crippen molar-refractivity contribution in [2.75, 3.05) is 17.8 Å². The van der Waals surface area contributed by atoms with Crippen LogP contribution in [0.4, 0.5) is 10.5 Å². The average Bonchev–Trinajstić information content (AvgIpc) is 2.85. The molecule has 1 unspecified atom stereocenters. The number of rotatable bonds is 4. The molecule has 1 fully saturated rings. The number of ether oxygens (including phenoxy) is 1. The van der Waals surface area contributed by atoms with Crippen molar-refractivity contribution in [1.82, 2.24) is 0 Å². The van der Waals surface area contributed by atoms with Crippen LogP contribution in [0.2, 0.25) is 0 Å². The van der Waals surface area contributed by atoms with Gasteiger partial charge in [0.25, 0.3) is 0 Å². The van der Waals surface area contributed by atoms with Crippen molar-refractivity contribution in [3.8, 4) is 5.75 Å². The molecule has 118 valence electrons. The highest BCUT2D eigenvalue weighted by Gasteiger charge is 2.32. The van der Waals surface area contributed by atoms with Gasteiger partial charge in [0, 0.05) is 6.07 Å². The molecule has 0 bridgehead atoms. The normalized spacial score (nSPS) is 17.9. The highest BCUT2D eigenvalue weighted by molar-refractivity contribution is 8.15. The Kier molecular flexibility index (Phi) is 5.07. The van der Waals surface area contributed by atoms with Gasteiger partial charge in [0.2, 0.25) is 5.91 Å². The lowest BCUT2D eigenvalue weighted by atomic mass is 9.96. The maximum Gasteiger partial charge on any atom is 0.433 e. The van der Waals surface area contributed by atoms with Crippen molar-refractivity contribution in [2.45, 2.75) is 26.2 Å². The molecular weight excluding hydrogens is 304 g/mol. The standard InChI is InChI=1S/C15H18N2O4S/c1-4-9(2)11-6-5-10(21-3)7-12(11)17-13(18)8-22-14(17)16-15(19)20/h5-7,9H,4,8H2,1-3H3,(H,19,20). The first-order valence-electron chi connectivity index (χ1n) is 6.93. The summed E-state index contributed by atoms with van der Waals surface area (Å²) in [4.78, 5) is 28.0. The van der Waals surface area contributed by atoms with Crippen molar-refractivity contribution >= 4 is 34.6 Å². The van der Waals surface area contributed by atoms with E-state index < -0.39 is 6.09 Å². The highest BCUT2D eigenvalue weighted by atomic mass is 32.2. The van der Waals surface area contributed by atoms with Crippen LogP contribution in [0.25, 0.3) is 0 Å². The van der Waals surface area contributed by atoms with Gasteiger partial charge in [0.05, 0.1) is 18.6 Å². The van der Waals surface area contributed by atoms with Crippen LogP contribution in [0.3, 0.4) is 0 Å². The van der Waals surface area contributed by atoms with Gasteiger partial charge in [-0.3, -0.25) is 9.69 Å². The number of carbonyl (C=O) groups is 2. The second-order valence-electron chi connectivity index (χ2n) is 4.93. The van der Waals surface area contributed by atoms with Crippen molar-refractivity contribution in [1.29, 1.82) is 0 Å². The first kappa shape index (κ1) is 16.4. The van der Waals surface area contributed by atoms with E-state index in [1.54, 1.807) is 13.2 Å². The summed E-state index contributed by atoms with van der Waals surface area (Å²) in [5.74, 6) is 0.845. The van der Waals surface area contributed by atoms with E-state index in [0.717, 1.165) is 23.7 Å². The number of methoxy groups -OCH3 is 1. The summed E-state index contributed by atoms with van der Waals surface area (Å²) in [6.07, 6.45) is -0.407. The molecule has 1 atom stereocenters. The predicted molar refractivity (Wildman–Crippen MR) is 87.1 cm³/mol. The molecule has 1 aromatic rings. The summed E-state index contributed by atoms with van der Waals surface area (Å²) in [5.41, 5.74) is 1.61. The number of amides is 2. The fourth-order valence-corrected chi connectivity index (χ4v) is 3.10. The summed E-state index contributed by atoms with van der Waals surface area (Å²) < 4.78 is 5.23. The third kappa shape index (κ3) is 3.24. The second-order valence-corrected chi connectivity index (χ2v) is 5.87. The van der Waals surface area contributed by atoms with E-state index in [2.05, 4.69) is 18.8 Å². The molecule has 0 spiro atoms. The summed E-state index contributed by atoms with van der Waals surface area (Å²) in [5, 5.41) is 9.08. The van der Waals surface area contributed by atoms with Crippen LogP contribution in [0.15, 0.2) is 23.2 Å². The number of thioether (sulfide) groups is 1. The highest BCUT2D eigenvalue weighted by Crippen LogP contribution is 2.36. The molecule has 1 aromatic carbocycles. The molecule has 2 amide bonds. The number of carboxylic acid groups (broad SMARTS) is 1. The van der Waals surface area contributed by atoms with Crippen LogP contribution in [0.1, 0.15) is 31.7 Å². The monoisotopic (exact) mass is 322 g/mol. The Labute approximate surface area is 133 Å². The molecule has 2 rings (SSSR count). The van der Waals surface area contributed by atoms with Gasteiger partial charge >= 0.3 is 6.09 Å². The first-order valence-corrected chi connectivity index (χ1v) is 7.91. The maximum absolute atomic E-state index is 12.2. The van der Waals surface area contributed by atoms with Crippen molar-refractivity contribution in [3.05, 3.63) is 23.8 Å². The smallest absolute Gasteiger partial charge is 0.433 e. The van der Waals surface area contributed by atoms with Gasteiger partial charge in [-0.15, -0.1) is 0 Å². The fourth-order valence-electron chi connectivity index (χ4n) is 2.24. The minimum Gasteiger partial charge on any atom is -0.497 e. The number of aliphatic imine (C=N–C) groups is 1. The van der Waals surface area contributed by atoms with Gasteiger partial charge in [-0.05, 0) is 24.0 Å². The third-order valence-corrected chi connectivity index (χ3v) is 4.50. The minimum atomic E-state index is -1.31. The zero-order valence-electron chi connectivity index (χ0n) is 12.7. The summed E-state index contributed by atoms with van der Waals surface area (Å²) in [7, 11) is 1.55. The molecule has 6 nitrogen and oxygen atoms in total. The zero-order valence-corrected chi connectivity index (χ0v) is 13.5. The van der Waals surface area contributed by atoms with Gasteiger partial charge in [0.1, 0.15) is 5.75 Å². The third-order valence-electron chi connectivity index (χ3n) is 3.58. The van der Waals surface area contributed by atoms with Crippen LogP contribution in [0, 0.1) is 0 Å². The Balaban J connectivity index is 2.56. The van der Waals surface area contributed by atoms with E-state index in [4.69, 9.17) is 9.84 Å². The number of nitrogens with zero attached hydrogens (tertiary/aromatic N) is 2. The second kappa shape index (κ2) is 6.83. The number of hydrogen-bond acceptors (Lipinski definition) is 4. The Morgan fingerprint density at radius 2 is 2.27 bits per heavy atom. The summed E-state index contributed by atoms with van der Waals surface area (Å²) >= 11 is 1.13. The van der Waals surface area contributed by atoms with Crippen LogP contribution in [-0.2, 0) is 4.79 Å².